The number of halogens is 1. The topological polar surface area (TPSA) is 23.5 Å². The summed E-state index contributed by atoms with van der Waals surface area (Å²) in [5, 5.41) is 9.60. The van der Waals surface area contributed by atoms with Gasteiger partial charge >= 0.3 is 0 Å². The first kappa shape index (κ1) is 16.7. The molecule has 1 aliphatic heterocycles. The Morgan fingerprint density at radius 2 is 1.95 bits per heavy atom. The van der Waals surface area contributed by atoms with Crippen molar-refractivity contribution in [3.8, 4) is 5.75 Å². The summed E-state index contributed by atoms with van der Waals surface area (Å²) in [5.74, 6) is 1.57. The number of fused-ring (bicyclic) bond motifs is 1. The number of nitrogens with zero attached hydrogens (tertiary/aromatic N) is 1. The van der Waals surface area contributed by atoms with Crippen molar-refractivity contribution in [2.24, 2.45) is 0 Å². The number of hydrogen-bond donors (Lipinski definition) is 1. The predicted molar refractivity (Wildman–Crippen MR) is 85.7 cm³/mol. The minimum absolute atomic E-state index is 0. The first-order valence-electron chi connectivity index (χ1n) is 6.93. The van der Waals surface area contributed by atoms with Crippen LogP contribution in [0.15, 0.2) is 23.1 Å². The van der Waals surface area contributed by atoms with E-state index in [1.165, 1.54) is 42.1 Å². The SMILES string of the molecule is CCCN(CCC)C1CSc2ccc(O)cc2C1.Cl. The van der Waals surface area contributed by atoms with Gasteiger partial charge in [-0.1, -0.05) is 13.8 Å². The number of aromatic hydroxyl groups is 1. The lowest BCUT2D eigenvalue weighted by molar-refractivity contribution is 0.209. The summed E-state index contributed by atoms with van der Waals surface area (Å²) >= 11 is 1.93. The van der Waals surface area contributed by atoms with Gasteiger partial charge in [-0.2, -0.15) is 0 Å². The lowest BCUT2D eigenvalue weighted by Crippen LogP contribution is -2.41. The Morgan fingerprint density at radius 1 is 1.26 bits per heavy atom. The fourth-order valence-electron chi connectivity index (χ4n) is 2.65. The number of phenolic OH excluding ortho intramolecular Hbond substituents is 1. The zero-order valence-electron chi connectivity index (χ0n) is 11.8. The number of hydrogen-bond acceptors (Lipinski definition) is 3. The van der Waals surface area contributed by atoms with Crippen LogP contribution in [0.25, 0.3) is 0 Å². The second-order valence-corrected chi connectivity index (χ2v) is 6.06. The first-order valence-corrected chi connectivity index (χ1v) is 7.91. The van der Waals surface area contributed by atoms with E-state index < -0.39 is 0 Å². The summed E-state index contributed by atoms with van der Waals surface area (Å²) in [7, 11) is 0. The van der Waals surface area contributed by atoms with Crippen LogP contribution in [0.1, 0.15) is 32.3 Å². The average Bonchev–Trinajstić information content (AvgIpc) is 2.37. The molecule has 0 amide bonds. The van der Waals surface area contributed by atoms with Gasteiger partial charge in [-0.05, 0) is 56.1 Å². The standard InChI is InChI=1S/C15H23NOS.ClH/c1-3-7-16(8-4-2)13-9-12-10-14(17)5-6-15(12)18-11-13;/h5-6,10,13,17H,3-4,7-9,11H2,1-2H3;1H. The summed E-state index contributed by atoms with van der Waals surface area (Å²) in [6.45, 7) is 6.87. The van der Waals surface area contributed by atoms with E-state index in [1.807, 2.05) is 17.8 Å². The van der Waals surface area contributed by atoms with E-state index in [-0.39, 0.29) is 12.4 Å². The maximum Gasteiger partial charge on any atom is 0.115 e. The molecule has 1 aromatic carbocycles. The third kappa shape index (κ3) is 4.30. The van der Waals surface area contributed by atoms with Gasteiger partial charge in [0.15, 0.2) is 0 Å². The smallest absolute Gasteiger partial charge is 0.115 e. The van der Waals surface area contributed by atoms with Crippen molar-refractivity contribution in [1.82, 2.24) is 4.90 Å². The summed E-state index contributed by atoms with van der Waals surface area (Å²) < 4.78 is 0. The Kier molecular flexibility index (Phi) is 7.05. The van der Waals surface area contributed by atoms with Gasteiger partial charge in [-0.3, -0.25) is 4.90 Å². The highest BCUT2D eigenvalue weighted by Crippen LogP contribution is 2.34. The lowest BCUT2D eigenvalue weighted by atomic mass is 10.0. The van der Waals surface area contributed by atoms with Crippen molar-refractivity contribution in [3.63, 3.8) is 0 Å². The van der Waals surface area contributed by atoms with Crippen LogP contribution in [-0.2, 0) is 6.42 Å². The summed E-state index contributed by atoms with van der Waals surface area (Å²) in [6.07, 6.45) is 3.51. The van der Waals surface area contributed by atoms with Crippen LogP contribution in [-0.4, -0.2) is 34.9 Å². The molecule has 0 aromatic heterocycles. The van der Waals surface area contributed by atoms with Crippen LogP contribution in [0.4, 0.5) is 0 Å². The van der Waals surface area contributed by atoms with E-state index in [2.05, 4.69) is 24.8 Å². The molecule has 1 atom stereocenters. The molecule has 1 N–H and O–H groups in total. The molecular formula is C15H24ClNOS. The van der Waals surface area contributed by atoms with E-state index >= 15 is 0 Å². The quantitative estimate of drug-likeness (QED) is 0.890. The van der Waals surface area contributed by atoms with E-state index in [4.69, 9.17) is 0 Å². The summed E-state index contributed by atoms with van der Waals surface area (Å²) in [4.78, 5) is 3.96. The molecule has 1 heterocycles. The van der Waals surface area contributed by atoms with E-state index in [1.54, 1.807) is 6.07 Å². The van der Waals surface area contributed by atoms with Crippen molar-refractivity contribution < 1.29 is 5.11 Å². The summed E-state index contributed by atoms with van der Waals surface area (Å²) in [5.41, 5.74) is 1.31. The van der Waals surface area contributed by atoms with Crippen molar-refractivity contribution in [3.05, 3.63) is 23.8 Å². The second-order valence-electron chi connectivity index (χ2n) is 5.00. The zero-order valence-corrected chi connectivity index (χ0v) is 13.4. The molecule has 1 aliphatic rings. The maximum atomic E-state index is 9.60. The highest BCUT2D eigenvalue weighted by molar-refractivity contribution is 7.99. The van der Waals surface area contributed by atoms with E-state index in [9.17, 15) is 5.11 Å². The first-order chi connectivity index (χ1) is 8.74. The van der Waals surface area contributed by atoms with E-state index in [0.29, 0.717) is 11.8 Å². The third-order valence-electron chi connectivity index (χ3n) is 3.47. The molecule has 0 aliphatic carbocycles. The Morgan fingerprint density at radius 3 is 2.58 bits per heavy atom. The Hall–Kier alpha value is -0.380. The number of rotatable bonds is 5. The molecule has 1 aromatic rings. The van der Waals surface area contributed by atoms with Gasteiger partial charge in [0, 0.05) is 16.7 Å². The molecule has 0 spiro atoms. The van der Waals surface area contributed by atoms with E-state index in [0.717, 1.165) is 6.42 Å². The maximum absolute atomic E-state index is 9.60. The van der Waals surface area contributed by atoms with Crippen LogP contribution >= 0.6 is 24.2 Å². The third-order valence-corrected chi connectivity index (χ3v) is 4.73. The van der Waals surface area contributed by atoms with Gasteiger partial charge < -0.3 is 5.11 Å². The molecule has 108 valence electrons. The zero-order chi connectivity index (χ0) is 13.0. The number of phenols is 1. The number of benzene rings is 1. The van der Waals surface area contributed by atoms with Gasteiger partial charge in [0.1, 0.15) is 5.75 Å². The highest BCUT2D eigenvalue weighted by Gasteiger charge is 2.24. The molecule has 0 saturated heterocycles. The van der Waals surface area contributed by atoms with Gasteiger partial charge in [0.05, 0.1) is 0 Å². The van der Waals surface area contributed by atoms with Gasteiger partial charge in [-0.15, -0.1) is 24.2 Å². The molecule has 0 radical (unpaired) electrons. The Balaban J connectivity index is 0.00000180. The molecule has 2 rings (SSSR count). The minimum atomic E-state index is 0. The van der Waals surface area contributed by atoms with Gasteiger partial charge in [0.25, 0.3) is 0 Å². The largest absolute Gasteiger partial charge is 0.508 e. The Labute approximate surface area is 127 Å². The predicted octanol–water partition coefficient (Wildman–Crippen LogP) is 3.95. The fourth-order valence-corrected chi connectivity index (χ4v) is 3.84. The van der Waals surface area contributed by atoms with Crippen LogP contribution in [0.5, 0.6) is 5.75 Å². The normalized spacial score (nSPS) is 17.9. The monoisotopic (exact) mass is 301 g/mol. The fraction of sp³-hybridized carbons (Fsp3) is 0.600. The minimum Gasteiger partial charge on any atom is -0.508 e. The molecule has 2 nitrogen and oxygen atoms in total. The molecule has 1 unspecified atom stereocenters. The molecule has 0 bridgehead atoms. The molecule has 0 fully saturated rings. The van der Waals surface area contributed by atoms with Crippen LogP contribution < -0.4 is 0 Å². The molecule has 4 heteroatoms. The average molecular weight is 302 g/mol. The van der Waals surface area contributed by atoms with Gasteiger partial charge in [-0.25, -0.2) is 0 Å². The Bertz CT molecular complexity index is 394. The summed E-state index contributed by atoms with van der Waals surface area (Å²) in [6, 6.07) is 6.41. The number of thioether (sulfide) groups is 1. The van der Waals surface area contributed by atoms with Crippen molar-refractivity contribution in [2.45, 2.75) is 44.0 Å². The van der Waals surface area contributed by atoms with Gasteiger partial charge in [0.2, 0.25) is 0 Å². The van der Waals surface area contributed by atoms with Crippen molar-refractivity contribution in [2.75, 3.05) is 18.8 Å². The van der Waals surface area contributed by atoms with Crippen LogP contribution in [0, 0.1) is 0 Å². The van der Waals surface area contributed by atoms with Crippen molar-refractivity contribution >= 4 is 24.2 Å². The van der Waals surface area contributed by atoms with Crippen LogP contribution in [0.2, 0.25) is 0 Å². The molecule has 19 heavy (non-hydrogen) atoms. The lowest BCUT2D eigenvalue weighted by Gasteiger charge is -2.34. The van der Waals surface area contributed by atoms with Crippen LogP contribution in [0.3, 0.4) is 0 Å². The molecule has 0 saturated carbocycles. The second kappa shape index (κ2) is 8.03. The van der Waals surface area contributed by atoms with Crippen molar-refractivity contribution in [1.29, 1.82) is 0 Å². The molecular weight excluding hydrogens is 278 g/mol. The highest BCUT2D eigenvalue weighted by atomic mass is 35.5.